The molecule has 0 saturated heterocycles. The first-order chi connectivity index (χ1) is 6.77. The van der Waals surface area contributed by atoms with Crippen molar-refractivity contribution in [1.82, 2.24) is 5.32 Å². The first-order valence-electron chi connectivity index (χ1n) is 4.58. The number of carbonyl (C=O) groups is 1. The number of thiophene rings is 1. The van der Waals surface area contributed by atoms with E-state index in [0.717, 1.165) is 6.42 Å². The molecule has 0 aromatic carbocycles. The standard InChI is InChI=1S/C10H15NO2S/c1-3-8-4-5-14-9(8)6-11-10(12)7-13-2/h4-5H,3,6-7H2,1-2H3,(H,11,12). The lowest BCUT2D eigenvalue weighted by atomic mass is 10.2. The third-order valence-electron chi connectivity index (χ3n) is 1.94. The first kappa shape index (κ1) is 11.2. The molecule has 4 heteroatoms. The van der Waals surface area contributed by atoms with E-state index < -0.39 is 0 Å². The predicted molar refractivity (Wildman–Crippen MR) is 57.4 cm³/mol. The van der Waals surface area contributed by atoms with Crippen molar-refractivity contribution < 1.29 is 9.53 Å². The van der Waals surface area contributed by atoms with Gasteiger partial charge in [0.15, 0.2) is 0 Å². The molecule has 3 nitrogen and oxygen atoms in total. The summed E-state index contributed by atoms with van der Waals surface area (Å²) < 4.78 is 4.72. The average Bonchev–Trinajstić information content (AvgIpc) is 2.62. The molecule has 1 heterocycles. The Morgan fingerprint density at radius 3 is 3.07 bits per heavy atom. The molecule has 0 saturated carbocycles. The predicted octanol–water partition coefficient (Wildman–Crippen LogP) is 1.57. The number of aryl methyl sites for hydroxylation is 1. The van der Waals surface area contributed by atoms with Crippen LogP contribution in [0.5, 0.6) is 0 Å². The van der Waals surface area contributed by atoms with E-state index in [0.29, 0.717) is 6.54 Å². The Bertz CT molecular complexity index is 296. The summed E-state index contributed by atoms with van der Waals surface area (Å²) in [4.78, 5) is 12.3. The molecule has 0 spiro atoms. The summed E-state index contributed by atoms with van der Waals surface area (Å²) in [5.41, 5.74) is 1.31. The Kier molecular flexibility index (Phi) is 4.62. The minimum Gasteiger partial charge on any atom is -0.375 e. The minimum atomic E-state index is -0.0667. The zero-order valence-corrected chi connectivity index (χ0v) is 9.32. The van der Waals surface area contributed by atoms with E-state index in [1.54, 1.807) is 11.3 Å². The molecule has 0 aliphatic carbocycles. The van der Waals surface area contributed by atoms with Gasteiger partial charge in [0, 0.05) is 12.0 Å². The number of nitrogens with one attached hydrogen (secondary N) is 1. The number of methoxy groups -OCH3 is 1. The van der Waals surface area contributed by atoms with Gasteiger partial charge in [0.2, 0.25) is 5.91 Å². The quantitative estimate of drug-likeness (QED) is 0.806. The number of hydrogen-bond donors (Lipinski definition) is 1. The number of hydrogen-bond acceptors (Lipinski definition) is 3. The Hall–Kier alpha value is -0.870. The maximum Gasteiger partial charge on any atom is 0.246 e. The Morgan fingerprint density at radius 1 is 1.64 bits per heavy atom. The summed E-state index contributed by atoms with van der Waals surface area (Å²) in [6.07, 6.45) is 1.01. The van der Waals surface area contributed by atoms with E-state index in [-0.39, 0.29) is 12.5 Å². The molecule has 0 fully saturated rings. The highest BCUT2D eigenvalue weighted by Gasteiger charge is 2.04. The van der Waals surface area contributed by atoms with Gasteiger partial charge in [-0.2, -0.15) is 0 Å². The fraction of sp³-hybridized carbons (Fsp3) is 0.500. The topological polar surface area (TPSA) is 38.3 Å². The second-order valence-electron chi connectivity index (χ2n) is 2.93. The van der Waals surface area contributed by atoms with Crippen molar-refractivity contribution in [2.24, 2.45) is 0 Å². The van der Waals surface area contributed by atoms with Gasteiger partial charge in [0.1, 0.15) is 6.61 Å². The lowest BCUT2D eigenvalue weighted by Gasteiger charge is -2.04. The van der Waals surface area contributed by atoms with Gasteiger partial charge in [0.05, 0.1) is 6.54 Å². The van der Waals surface area contributed by atoms with E-state index in [4.69, 9.17) is 4.74 Å². The molecule has 1 aromatic rings. The molecule has 0 atom stereocenters. The average molecular weight is 213 g/mol. The second-order valence-corrected chi connectivity index (χ2v) is 3.93. The highest BCUT2D eigenvalue weighted by molar-refractivity contribution is 7.10. The van der Waals surface area contributed by atoms with Crippen LogP contribution in [0.4, 0.5) is 0 Å². The summed E-state index contributed by atoms with van der Waals surface area (Å²) in [6, 6.07) is 2.10. The monoisotopic (exact) mass is 213 g/mol. The molecule has 0 aliphatic rings. The third kappa shape index (κ3) is 3.12. The lowest BCUT2D eigenvalue weighted by Crippen LogP contribution is -2.26. The maximum absolute atomic E-state index is 11.1. The zero-order valence-electron chi connectivity index (χ0n) is 8.50. The fourth-order valence-electron chi connectivity index (χ4n) is 1.20. The molecule has 0 unspecified atom stereocenters. The molecule has 78 valence electrons. The summed E-state index contributed by atoms with van der Waals surface area (Å²) in [5.74, 6) is -0.0667. The van der Waals surface area contributed by atoms with E-state index in [9.17, 15) is 4.79 Å². The molecule has 1 N–H and O–H groups in total. The van der Waals surface area contributed by atoms with Crippen LogP contribution >= 0.6 is 11.3 Å². The van der Waals surface area contributed by atoms with Crippen molar-refractivity contribution in [2.75, 3.05) is 13.7 Å². The SMILES string of the molecule is CCc1ccsc1CNC(=O)COC. The van der Waals surface area contributed by atoms with Gasteiger partial charge < -0.3 is 10.1 Å². The van der Waals surface area contributed by atoms with Gasteiger partial charge >= 0.3 is 0 Å². The van der Waals surface area contributed by atoms with Crippen molar-refractivity contribution in [1.29, 1.82) is 0 Å². The molecule has 0 radical (unpaired) electrons. The van der Waals surface area contributed by atoms with Gasteiger partial charge in [-0.25, -0.2) is 0 Å². The number of rotatable bonds is 5. The normalized spacial score (nSPS) is 10.1. The Labute approximate surface area is 88.1 Å². The molecule has 14 heavy (non-hydrogen) atoms. The number of ether oxygens (including phenoxy) is 1. The molecular formula is C10H15NO2S. The fourth-order valence-corrected chi connectivity index (χ4v) is 2.11. The van der Waals surface area contributed by atoms with Crippen LogP contribution in [0.25, 0.3) is 0 Å². The van der Waals surface area contributed by atoms with Crippen LogP contribution in [-0.2, 0) is 22.5 Å². The van der Waals surface area contributed by atoms with Gasteiger partial charge in [0.25, 0.3) is 0 Å². The van der Waals surface area contributed by atoms with Crippen molar-refractivity contribution in [3.05, 3.63) is 21.9 Å². The number of carbonyl (C=O) groups excluding carboxylic acids is 1. The highest BCUT2D eigenvalue weighted by Crippen LogP contribution is 2.16. The molecular weight excluding hydrogens is 198 g/mol. The van der Waals surface area contributed by atoms with Crippen molar-refractivity contribution in [3.63, 3.8) is 0 Å². The van der Waals surface area contributed by atoms with Crippen LogP contribution in [0, 0.1) is 0 Å². The van der Waals surface area contributed by atoms with Crippen LogP contribution in [0.3, 0.4) is 0 Å². The maximum atomic E-state index is 11.1. The van der Waals surface area contributed by atoms with Crippen LogP contribution in [-0.4, -0.2) is 19.6 Å². The third-order valence-corrected chi connectivity index (χ3v) is 2.90. The van der Waals surface area contributed by atoms with Crippen molar-refractivity contribution in [2.45, 2.75) is 19.9 Å². The van der Waals surface area contributed by atoms with Crippen molar-refractivity contribution >= 4 is 17.2 Å². The minimum absolute atomic E-state index is 0.0667. The molecule has 0 bridgehead atoms. The first-order valence-corrected chi connectivity index (χ1v) is 5.46. The van der Waals surface area contributed by atoms with Crippen LogP contribution in [0.15, 0.2) is 11.4 Å². The van der Waals surface area contributed by atoms with E-state index >= 15 is 0 Å². The summed E-state index contributed by atoms with van der Waals surface area (Å²) in [7, 11) is 1.52. The van der Waals surface area contributed by atoms with Crippen molar-refractivity contribution in [3.8, 4) is 0 Å². The molecule has 1 aromatic heterocycles. The number of amides is 1. The van der Waals surface area contributed by atoms with Gasteiger partial charge in [-0.3, -0.25) is 4.79 Å². The zero-order chi connectivity index (χ0) is 10.4. The van der Waals surface area contributed by atoms with Gasteiger partial charge in [-0.05, 0) is 23.4 Å². The summed E-state index contributed by atoms with van der Waals surface area (Å²) in [5, 5.41) is 4.86. The molecule has 0 aliphatic heterocycles. The molecule has 1 rings (SSSR count). The largest absolute Gasteiger partial charge is 0.375 e. The van der Waals surface area contributed by atoms with Gasteiger partial charge in [-0.1, -0.05) is 6.92 Å². The van der Waals surface area contributed by atoms with E-state index in [1.807, 2.05) is 0 Å². The van der Waals surface area contributed by atoms with Crippen LogP contribution < -0.4 is 5.32 Å². The van der Waals surface area contributed by atoms with E-state index in [2.05, 4.69) is 23.7 Å². The Balaban J connectivity index is 2.41. The summed E-state index contributed by atoms with van der Waals surface area (Å²) in [6.45, 7) is 2.86. The molecule has 1 amide bonds. The second kappa shape index (κ2) is 5.78. The Morgan fingerprint density at radius 2 is 2.43 bits per heavy atom. The lowest BCUT2D eigenvalue weighted by molar-refractivity contribution is -0.124. The highest BCUT2D eigenvalue weighted by atomic mass is 32.1. The summed E-state index contributed by atoms with van der Waals surface area (Å²) >= 11 is 1.68. The van der Waals surface area contributed by atoms with Crippen LogP contribution in [0.1, 0.15) is 17.4 Å². The van der Waals surface area contributed by atoms with Gasteiger partial charge in [-0.15, -0.1) is 11.3 Å². The van der Waals surface area contributed by atoms with E-state index in [1.165, 1.54) is 17.6 Å². The van der Waals surface area contributed by atoms with Crippen LogP contribution in [0.2, 0.25) is 0 Å². The smallest absolute Gasteiger partial charge is 0.246 e.